The van der Waals surface area contributed by atoms with Crippen LogP contribution in [0.3, 0.4) is 0 Å². The first-order chi connectivity index (χ1) is 12.5. The first kappa shape index (κ1) is 20.8. The number of Topliss-reactive ketones (excluding diaryl/α,β-unsaturated/α-hetero) is 1. The maximum Gasteiger partial charge on any atom is 0.146 e. The molecule has 1 saturated carbocycles. The Hall–Kier alpha value is -1.48. The van der Waals surface area contributed by atoms with Crippen molar-refractivity contribution in [2.75, 3.05) is 6.61 Å². The van der Waals surface area contributed by atoms with Crippen LogP contribution in [0.2, 0.25) is 0 Å². The molecule has 1 aliphatic carbocycles. The Kier molecular flexibility index (Phi) is 8.02. The Morgan fingerprint density at radius 3 is 2.42 bits per heavy atom. The SMILES string of the molecule is CCCOC(C1CCCCC1)C(CC(=O)C(C)(C)C=O)c1ccccc1. The number of ether oxygens (including phenoxy) is 1. The van der Waals surface area contributed by atoms with Gasteiger partial charge in [-0.1, -0.05) is 56.5 Å². The summed E-state index contributed by atoms with van der Waals surface area (Å²) in [6, 6.07) is 10.2. The van der Waals surface area contributed by atoms with Gasteiger partial charge in [0.1, 0.15) is 12.1 Å². The summed E-state index contributed by atoms with van der Waals surface area (Å²) in [6.45, 7) is 6.27. The lowest BCUT2D eigenvalue weighted by Gasteiger charge is -2.36. The third-order valence-electron chi connectivity index (χ3n) is 5.67. The van der Waals surface area contributed by atoms with E-state index >= 15 is 0 Å². The van der Waals surface area contributed by atoms with Crippen LogP contribution in [0.4, 0.5) is 0 Å². The number of benzene rings is 1. The van der Waals surface area contributed by atoms with Crippen LogP contribution < -0.4 is 0 Å². The highest BCUT2D eigenvalue weighted by molar-refractivity contribution is 5.97. The van der Waals surface area contributed by atoms with Crippen LogP contribution in [0.1, 0.15) is 77.2 Å². The third-order valence-corrected chi connectivity index (χ3v) is 5.67. The van der Waals surface area contributed by atoms with Crippen LogP contribution in [0.15, 0.2) is 30.3 Å². The van der Waals surface area contributed by atoms with Crippen molar-refractivity contribution < 1.29 is 14.3 Å². The van der Waals surface area contributed by atoms with Crippen molar-refractivity contribution >= 4 is 12.1 Å². The summed E-state index contributed by atoms with van der Waals surface area (Å²) in [7, 11) is 0. The lowest BCUT2D eigenvalue weighted by Crippen LogP contribution is -2.36. The summed E-state index contributed by atoms with van der Waals surface area (Å²) in [5.41, 5.74) is 0.212. The molecule has 0 bridgehead atoms. The molecule has 1 aromatic rings. The van der Waals surface area contributed by atoms with Crippen LogP contribution in [0.25, 0.3) is 0 Å². The summed E-state index contributed by atoms with van der Waals surface area (Å²) in [4.78, 5) is 24.2. The van der Waals surface area contributed by atoms with E-state index < -0.39 is 5.41 Å². The minimum atomic E-state index is -0.936. The average molecular weight is 359 g/mol. The van der Waals surface area contributed by atoms with Crippen LogP contribution in [-0.4, -0.2) is 24.8 Å². The van der Waals surface area contributed by atoms with E-state index in [0.717, 1.165) is 24.9 Å². The van der Waals surface area contributed by atoms with E-state index in [1.54, 1.807) is 13.8 Å². The molecule has 0 amide bonds. The molecule has 1 fully saturated rings. The van der Waals surface area contributed by atoms with Crippen molar-refractivity contribution in [3.8, 4) is 0 Å². The van der Waals surface area contributed by atoms with E-state index in [9.17, 15) is 9.59 Å². The Morgan fingerprint density at radius 1 is 1.19 bits per heavy atom. The molecule has 3 heteroatoms. The zero-order valence-corrected chi connectivity index (χ0v) is 16.6. The van der Waals surface area contributed by atoms with Gasteiger partial charge in [-0.05, 0) is 44.6 Å². The number of rotatable bonds is 10. The van der Waals surface area contributed by atoms with Crippen molar-refractivity contribution in [3.63, 3.8) is 0 Å². The van der Waals surface area contributed by atoms with Crippen LogP contribution >= 0.6 is 0 Å². The van der Waals surface area contributed by atoms with Gasteiger partial charge in [-0.2, -0.15) is 0 Å². The molecule has 26 heavy (non-hydrogen) atoms. The maximum atomic E-state index is 12.9. The van der Waals surface area contributed by atoms with Gasteiger partial charge in [0.25, 0.3) is 0 Å². The van der Waals surface area contributed by atoms with E-state index in [-0.39, 0.29) is 17.8 Å². The average Bonchev–Trinajstić information content (AvgIpc) is 2.68. The van der Waals surface area contributed by atoms with Gasteiger partial charge < -0.3 is 9.53 Å². The molecule has 0 saturated heterocycles. The Balaban J connectivity index is 2.31. The number of aldehydes is 1. The van der Waals surface area contributed by atoms with E-state index in [0.29, 0.717) is 12.3 Å². The smallest absolute Gasteiger partial charge is 0.146 e. The van der Waals surface area contributed by atoms with Gasteiger partial charge in [-0.15, -0.1) is 0 Å². The monoisotopic (exact) mass is 358 g/mol. The van der Waals surface area contributed by atoms with Gasteiger partial charge in [-0.3, -0.25) is 4.79 Å². The normalized spacial score (nSPS) is 18.3. The second-order valence-corrected chi connectivity index (χ2v) is 8.22. The lowest BCUT2D eigenvalue weighted by molar-refractivity contribution is -0.134. The molecule has 2 unspecified atom stereocenters. The van der Waals surface area contributed by atoms with Crippen molar-refractivity contribution in [2.45, 2.75) is 77.7 Å². The predicted molar refractivity (Wildman–Crippen MR) is 105 cm³/mol. The van der Waals surface area contributed by atoms with Crippen molar-refractivity contribution in [1.82, 2.24) is 0 Å². The van der Waals surface area contributed by atoms with Crippen LogP contribution in [-0.2, 0) is 14.3 Å². The zero-order valence-electron chi connectivity index (χ0n) is 16.6. The number of hydrogen-bond acceptors (Lipinski definition) is 3. The van der Waals surface area contributed by atoms with E-state index in [1.165, 1.54) is 32.1 Å². The number of carbonyl (C=O) groups excluding carboxylic acids is 2. The lowest BCUT2D eigenvalue weighted by atomic mass is 9.74. The van der Waals surface area contributed by atoms with Gasteiger partial charge in [0.15, 0.2) is 0 Å². The Bertz CT molecular complexity index is 558. The predicted octanol–water partition coefficient (Wildman–Crippen LogP) is 5.33. The second kappa shape index (κ2) is 10.0. The fourth-order valence-corrected chi connectivity index (χ4v) is 3.95. The number of ketones is 1. The van der Waals surface area contributed by atoms with Crippen molar-refractivity contribution in [1.29, 1.82) is 0 Å². The zero-order chi connectivity index (χ0) is 19.0. The quantitative estimate of drug-likeness (QED) is 0.419. The molecule has 0 spiro atoms. The molecule has 0 heterocycles. The molecule has 0 radical (unpaired) electrons. The van der Waals surface area contributed by atoms with Gasteiger partial charge in [-0.25, -0.2) is 0 Å². The topological polar surface area (TPSA) is 43.4 Å². The third kappa shape index (κ3) is 5.51. The van der Waals surface area contributed by atoms with Crippen molar-refractivity contribution in [3.05, 3.63) is 35.9 Å². The number of hydrogen-bond donors (Lipinski definition) is 0. The highest BCUT2D eigenvalue weighted by Crippen LogP contribution is 2.38. The summed E-state index contributed by atoms with van der Waals surface area (Å²) in [5.74, 6) is 0.507. The number of carbonyl (C=O) groups is 2. The largest absolute Gasteiger partial charge is 0.377 e. The molecule has 1 aromatic carbocycles. The van der Waals surface area contributed by atoms with Gasteiger partial charge in [0.2, 0.25) is 0 Å². The highest BCUT2D eigenvalue weighted by Gasteiger charge is 2.37. The standard InChI is InChI=1S/C23H34O3/c1-4-15-26-22(19-13-9-6-10-14-19)20(18-11-7-5-8-12-18)16-21(25)23(2,3)17-24/h5,7-8,11-12,17,19-20,22H,4,6,9-10,13-16H2,1-3H3. The van der Waals surface area contributed by atoms with Gasteiger partial charge >= 0.3 is 0 Å². The summed E-state index contributed by atoms with van der Waals surface area (Å²) >= 11 is 0. The minimum Gasteiger partial charge on any atom is -0.377 e. The summed E-state index contributed by atoms with van der Waals surface area (Å²) in [6.07, 6.45) is 8.27. The molecule has 1 aliphatic rings. The minimum absolute atomic E-state index is 0.00209. The van der Waals surface area contributed by atoms with E-state index in [1.807, 2.05) is 18.2 Å². The van der Waals surface area contributed by atoms with Gasteiger partial charge in [0.05, 0.1) is 11.5 Å². The molecule has 3 nitrogen and oxygen atoms in total. The molecule has 2 rings (SSSR count). The fourth-order valence-electron chi connectivity index (χ4n) is 3.95. The highest BCUT2D eigenvalue weighted by atomic mass is 16.5. The molecule has 0 aliphatic heterocycles. The molecular formula is C23H34O3. The van der Waals surface area contributed by atoms with Crippen LogP contribution in [0, 0.1) is 11.3 Å². The molecule has 0 aromatic heterocycles. The summed E-state index contributed by atoms with van der Waals surface area (Å²) < 4.78 is 6.35. The summed E-state index contributed by atoms with van der Waals surface area (Å²) in [5, 5.41) is 0. The molecule has 0 N–H and O–H groups in total. The molecular weight excluding hydrogens is 324 g/mol. The molecule has 2 atom stereocenters. The Morgan fingerprint density at radius 2 is 1.85 bits per heavy atom. The van der Waals surface area contributed by atoms with E-state index in [4.69, 9.17) is 4.74 Å². The fraction of sp³-hybridized carbons (Fsp3) is 0.652. The second-order valence-electron chi connectivity index (χ2n) is 8.22. The maximum absolute atomic E-state index is 12.9. The van der Waals surface area contributed by atoms with Crippen LogP contribution in [0.5, 0.6) is 0 Å². The van der Waals surface area contributed by atoms with Crippen molar-refractivity contribution in [2.24, 2.45) is 11.3 Å². The van der Waals surface area contributed by atoms with E-state index in [2.05, 4.69) is 19.1 Å². The Labute approximate surface area is 158 Å². The first-order valence-corrected chi connectivity index (χ1v) is 10.2. The van der Waals surface area contributed by atoms with Gasteiger partial charge in [0, 0.05) is 18.9 Å². The molecule has 144 valence electrons. The first-order valence-electron chi connectivity index (χ1n) is 10.2.